The van der Waals surface area contributed by atoms with Crippen LogP contribution < -0.4 is 11.1 Å². The highest BCUT2D eigenvalue weighted by molar-refractivity contribution is 9.10. The van der Waals surface area contributed by atoms with Crippen LogP contribution in [0.4, 0.5) is 5.13 Å². The molecule has 0 bridgehead atoms. The SMILES string of the molecule is Cc1ccc(C(=O)Nc2nc3c(s2)C[C@@H](N)CC3)cc1Br.Cl. The number of amides is 1. The quantitative estimate of drug-likeness (QED) is 0.804. The Morgan fingerprint density at radius 3 is 3.00 bits per heavy atom. The number of hydrogen-bond donors (Lipinski definition) is 2. The van der Waals surface area contributed by atoms with Gasteiger partial charge in [-0.1, -0.05) is 22.0 Å². The summed E-state index contributed by atoms with van der Waals surface area (Å²) in [5.41, 5.74) is 8.78. The Morgan fingerprint density at radius 1 is 1.50 bits per heavy atom. The van der Waals surface area contributed by atoms with Gasteiger partial charge in [0.05, 0.1) is 5.69 Å². The highest BCUT2D eigenvalue weighted by Gasteiger charge is 2.21. The predicted molar refractivity (Wildman–Crippen MR) is 96.2 cm³/mol. The van der Waals surface area contributed by atoms with E-state index in [1.807, 2.05) is 25.1 Å². The lowest BCUT2D eigenvalue weighted by molar-refractivity contribution is 0.102. The van der Waals surface area contributed by atoms with E-state index in [9.17, 15) is 4.79 Å². The number of nitrogens with zero attached hydrogens (tertiary/aromatic N) is 1. The first-order chi connectivity index (χ1) is 10.0. The number of hydrogen-bond acceptors (Lipinski definition) is 4. The Kier molecular flexibility index (Phi) is 5.60. The molecule has 0 fully saturated rings. The molecule has 1 aromatic heterocycles. The molecule has 118 valence electrons. The van der Waals surface area contributed by atoms with E-state index in [1.54, 1.807) is 0 Å². The highest BCUT2D eigenvalue weighted by atomic mass is 79.9. The van der Waals surface area contributed by atoms with E-state index < -0.39 is 0 Å². The molecule has 1 heterocycles. The summed E-state index contributed by atoms with van der Waals surface area (Å²) in [6.45, 7) is 1.99. The van der Waals surface area contributed by atoms with Gasteiger partial charge in [-0.05, 0) is 43.9 Å². The van der Waals surface area contributed by atoms with E-state index in [-0.39, 0.29) is 24.4 Å². The second kappa shape index (κ2) is 7.08. The number of rotatable bonds is 2. The van der Waals surface area contributed by atoms with Gasteiger partial charge in [0.15, 0.2) is 5.13 Å². The zero-order chi connectivity index (χ0) is 15.0. The van der Waals surface area contributed by atoms with Crippen LogP contribution >= 0.6 is 39.7 Å². The second-order valence-corrected chi connectivity index (χ2v) is 7.25. The van der Waals surface area contributed by atoms with Crippen LogP contribution in [0.5, 0.6) is 0 Å². The normalized spacial score (nSPS) is 16.6. The van der Waals surface area contributed by atoms with Crippen LogP contribution in [-0.4, -0.2) is 16.9 Å². The molecular formula is C15H17BrClN3OS. The summed E-state index contributed by atoms with van der Waals surface area (Å²) in [4.78, 5) is 18.0. The molecule has 3 N–H and O–H groups in total. The first kappa shape index (κ1) is 17.4. The van der Waals surface area contributed by atoms with Crippen LogP contribution in [0, 0.1) is 6.92 Å². The molecule has 0 radical (unpaired) electrons. The first-order valence-corrected chi connectivity index (χ1v) is 8.45. The third-order valence-corrected chi connectivity index (χ3v) is 5.52. The average molecular weight is 403 g/mol. The lowest BCUT2D eigenvalue weighted by atomic mass is 9.99. The number of anilines is 1. The molecule has 7 heteroatoms. The fourth-order valence-electron chi connectivity index (χ4n) is 2.36. The number of nitrogens with one attached hydrogen (secondary N) is 1. The van der Waals surface area contributed by atoms with Crippen molar-refractivity contribution < 1.29 is 4.79 Å². The molecule has 0 saturated carbocycles. The molecule has 0 unspecified atom stereocenters. The summed E-state index contributed by atoms with van der Waals surface area (Å²) in [5, 5.41) is 3.55. The molecule has 0 spiro atoms. The van der Waals surface area contributed by atoms with Crippen molar-refractivity contribution in [2.75, 3.05) is 5.32 Å². The molecule has 3 rings (SSSR count). The molecule has 22 heavy (non-hydrogen) atoms. The van der Waals surface area contributed by atoms with Gasteiger partial charge in [-0.3, -0.25) is 10.1 Å². The van der Waals surface area contributed by atoms with Crippen molar-refractivity contribution in [1.29, 1.82) is 0 Å². The Bertz CT molecular complexity index is 704. The Balaban J connectivity index is 0.00000176. The molecule has 0 saturated heterocycles. The second-order valence-electron chi connectivity index (χ2n) is 5.31. The van der Waals surface area contributed by atoms with Gasteiger partial charge < -0.3 is 5.73 Å². The van der Waals surface area contributed by atoms with Gasteiger partial charge in [-0.2, -0.15) is 0 Å². The minimum absolute atomic E-state index is 0. The van der Waals surface area contributed by atoms with E-state index in [1.165, 1.54) is 16.2 Å². The van der Waals surface area contributed by atoms with Gasteiger partial charge in [-0.25, -0.2) is 4.98 Å². The van der Waals surface area contributed by atoms with E-state index in [0.717, 1.165) is 35.0 Å². The van der Waals surface area contributed by atoms with Gasteiger partial charge in [-0.15, -0.1) is 23.7 Å². The number of aromatic nitrogens is 1. The lowest BCUT2D eigenvalue weighted by Gasteiger charge is -2.15. The summed E-state index contributed by atoms with van der Waals surface area (Å²) in [7, 11) is 0. The van der Waals surface area contributed by atoms with Gasteiger partial charge in [0.2, 0.25) is 0 Å². The zero-order valence-corrected chi connectivity index (χ0v) is 15.3. The third kappa shape index (κ3) is 3.68. The van der Waals surface area contributed by atoms with Crippen LogP contribution in [-0.2, 0) is 12.8 Å². The largest absolute Gasteiger partial charge is 0.327 e. The van der Waals surface area contributed by atoms with Crippen molar-refractivity contribution in [2.45, 2.75) is 32.2 Å². The maximum Gasteiger partial charge on any atom is 0.257 e. The number of aryl methyl sites for hydroxylation is 2. The molecule has 1 atom stereocenters. The van der Waals surface area contributed by atoms with Crippen molar-refractivity contribution in [3.05, 3.63) is 44.4 Å². The van der Waals surface area contributed by atoms with Crippen LogP contribution in [0.25, 0.3) is 0 Å². The molecule has 0 aliphatic heterocycles. The number of benzene rings is 1. The van der Waals surface area contributed by atoms with Crippen molar-refractivity contribution in [3.8, 4) is 0 Å². The van der Waals surface area contributed by atoms with Gasteiger partial charge in [0, 0.05) is 21.0 Å². The highest BCUT2D eigenvalue weighted by Crippen LogP contribution is 2.29. The van der Waals surface area contributed by atoms with Crippen molar-refractivity contribution in [1.82, 2.24) is 4.98 Å². The fraction of sp³-hybridized carbons (Fsp3) is 0.333. The first-order valence-electron chi connectivity index (χ1n) is 6.84. The Morgan fingerprint density at radius 2 is 2.27 bits per heavy atom. The van der Waals surface area contributed by atoms with Crippen LogP contribution in [0.15, 0.2) is 22.7 Å². The minimum Gasteiger partial charge on any atom is -0.327 e. The Hall–Kier alpha value is -0.950. The van der Waals surface area contributed by atoms with Crippen molar-refractivity contribution in [2.24, 2.45) is 5.73 Å². The standard InChI is InChI=1S/C15H16BrN3OS.ClH/c1-8-2-3-9(6-11(8)16)14(20)19-15-18-12-5-4-10(17)7-13(12)21-15;/h2-3,6,10H,4-5,7,17H2,1H3,(H,18,19,20);1H/t10-;/m0./s1. The summed E-state index contributed by atoms with van der Waals surface area (Å²) in [6, 6.07) is 5.78. The number of thiazole rings is 1. The lowest BCUT2D eigenvalue weighted by Crippen LogP contribution is -2.27. The molecule has 1 aliphatic rings. The molecule has 2 aromatic rings. The topological polar surface area (TPSA) is 68.0 Å². The zero-order valence-electron chi connectivity index (χ0n) is 12.1. The van der Waals surface area contributed by atoms with Crippen molar-refractivity contribution in [3.63, 3.8) is 0 Å². The van der Waals surface area contributed by atoms with Crippen molar-refractivity contribution >= 4 is 50.7 Å². The average Bonchev–Trinajstić information content (AvgIpc) is 2.83. The van der Waals surface area contributed by atoms with Gasteiger partial charge >= 0.3 is 0 Å². The molecule has 1 aliphatic carbocycles. The third-order valence-electron chi connectivity index (χ3n) is 3.63. The summed E-state index contributed by atoms with van der Waals surface area (Å²) < 4.78 is 0.930. The van der Waals surface area contributed by atoms with Crippen LogP contribution in [0.2, 0.25) is 0 Å². The van der Waals surface area contributed by atoms with Crippen LogP contribution in [0.1, 0.15) is 32.9 Å². The molecule has 1 aromatic carbocycles. The summed E-state index contributed by atoms with van der Waals surface area (Å²) >= 11 is 4.98. The molecular weight excluding hydrogens is 386 g/mol. The van der Waals surface area contributed by atoms with Crippen LogP contribution in [0.3, 0.4) is 0 Å². The molecule has 4 nitrogen and oxygen atoms in total. The number of nitrogens with two attached hydrogens (primary N) is 1. The Labute approximate surface area is 148 Å². The van der Waals surface area contributed by atoms with Gasteiger partial charge in [0.25, 0.3) is 5.91 Å². The van der Waals surface area contributed by atoms with E-state index in [4.69, 9.17) is 5.73 Å². The number of fused-ring (bicyclic) bond motifs is 1. The smallest absolute Gasteiger partial charge is 0.257 e. The molecule has 1 amide bonds. The fourth-order valence-corrected chi connectivity index (χ4v) is 3.83. The van der Waals surface area contributed by atoms with E-state index in [2.05, 4.69) is 26.2 Å². The summed E-state index contributed by atoms with van der Waals surface area (Å²) in [5.74, 6) is -0.133. The predicted octanol–water partition coefficient (Wildman–Crippen LogP) is 3.70. The van der Waals surface area contributed by atoms with Gasteiger partial charge in [0.1, 0.15) is 0 Å². The maximum absolute atomic E-state index is 12.3. The minimum atomic E-state index is -0.133. The number of carbonyl (C=O) groups is 1. The summed E-state index contributed by atoms with van der Waals surface area (Å²) in [6.07, 6.45) is 2.73. The maximum atomic E-state index is 12.3. The number of carbonyl (C=O) groups excluding carboxylic acids is 1. The number of halogens is 2. The van der Waals surface area contributed by atoms with E-state index >= 15 is 0 Å². The van der Waals surface area contributed by atoms with E-state index in [0.29, 0.717) is 10.7 Å². The monoisotopic (exact) mass is 401 g/mol.